The van der Waals surface area contributed by atoms with Gasteiger partial charge in [-0.05, 0) is 81.9 Å². The van der Waals surface area contributed by atoms with E-state index in [-0.39, 0.29) is 0 Å². The van der Waals surface area contributed by atoms with Crippen LogP contribution in [-0.4, -0.2) is 0 Å². The number of rotatable bonds is 6. The summed E-state index contributed by atoms with van der Waals surface area (Å²) in [6.07, 6.45) is 0. The van der Waals surface area contributed by atoms with Crippen LogP contribution in [0.25, 0.3) is 66.8 Å². The third-order valence-electron chi connectivity index (χ3n) is 9.33. The average Bonchev–Trinajstić information content (AvgIpc) is 3.25. The summed E-state index contributed by atoms with van der Waals surface area (Å²) >= 11 is 0. The van der Waals surface area contributed by atoms with Gasteiger partial charge in [0.05, 0.1) is 69.8 Å². The summed E-state index contributed by atoms with van der Waals surface area (Å²) in [5, 5.41) is 62.9. The van der Waals surface area contributed by atoms with Gasteiger partial charge in [-0.15, -0.1) is 0 Å². The van der Waals surface area contributed by atoms with E-state index in [0.29, 0.717) is 100 Å². The van der Waals surface area contributed by atoms with Crippen molar-refractivity contribution >= 4 is 0 Å². The van der Waals surface area contributed by atoms with Crippen molar-refractivity contribution in [3.8, 4) is 103 Å². The molecule has 0 aromatic heterocycles. The average molecular weight is 685 g/mol. The number of nitrogens with zero attached hydrogens (tertiary/aromatic N) is 6. The first-order valence-corrected chi connectivity index (χ1v) is 16.8. The van der Waals surface area contributed by atoms with Gasteiger partial charge in [-0.2, -0.15) is 31.6 Å². The lowest BCUT2D eigenvalue weighted by Crippen LogP contribution is -2.05. The lowest BCUT2D eigenvalue weighted by Gasteiger charge is -2.30. The molecule has 0 amide bonds. The molecule has 0 bridgehead atoms. The minimum Gasteiger partial charge on any atom is -0.192 e. The van der Waals surface area contributed by atoms with E-state index in [1.165, 1.54) is 0 Å². The summed E-state index contributed by atoms with van der Waals surface area (Å²) < 4.78 is 0. The first-order valence-electron chi connectivity index (χ1n) is 16.8. The zero-order valence-corrected chi connectivity index (χ0v) is 28.5. The van der Waals surface area contributed by atoms with Crippen molar-refractivity contribution in [3.05, 3.63) is 179 Å². The van der Waals surface area contributed by atoms with Gasteiger partial charge in [-0.1, -0.05) is 97.1 Å². The molecule has 246 valence electrons. The van der Waals surface area contributed by atoms with Crippen LogP contribution in [0.2, 0.25) is 0 Å². The van der Waals surface area contributed by atoms with Crippen LogP contribution in [0, 0.1) is 68.0 Å². The summed E-state index contributed by atoms with van der Waals surface area (Å²) in [4.78, 5) is 0. The van der Waals surface area contributed by atoms with Gasteiger partial charge in [-0.3, -0.25) is 0 Å². The predicted octanol–water partition coefficient (Wildman–Crippen LogP) is 10.9. The Bertz CT molecular complexity index is 2710. The van der Waals surface area contributed by atoms with E-state index >= 15 is 0 Å². The molecule has 0 saturated heterocycles. The van der Waals surface area contributed by atoms with Gasteiger partial charge in [0.25, 0.3) is 0 Å². The zero-order valence-electron chi connectivity index (χ0n) is 28.5. The largest absolute Gasteiger partial charge is 0.192 e. The Balaban J connectivity index is 1.96. The molecule has 0 heterocycles. The molecule has 0 aliphatic carbocycles. The van der Waals surface area contributed by atoms with Crippen molar-refractivity contribution in [2.75, 3.05) is 0 Å². The maximum Gasteiger partial charge on any atom is 0.0998 e. The SMILES string of the molecule is N#Cc1cccc(-c2c(-c3cccc(C#N)c3)c(-c3ccccc3C#N)c(-c3ccccc3C#N)c(-c3ccccc3C#N)c2-c2ccccc2C#N)c1. The van der Waals surface area contributed by atoms with Crippen LogP contribution in [0.3, 0.4) is 0 Å². The van der Waals surface area contributed by atoms with E-state index in [9.17, 15) is 31.6 Å². The molecule has 6 nitrogen and oxygen atoms in total. The van der Waals surface area contributed by atoms with Crippen molar-refractivity contribution in [1.29, 1.82) is 31.6 Å². The third kappa shape index (κ3) is 5.88. The van der Waals surface area contributed by atoms with Crippen LogP contribution in [0.5, 0.6) is 0 Å². The lowest BCUT2D eigenvalue weighted by atomic mass is 9.72. The smallest absolute Gasteiger partial charge is 0.0998 e. The number of nitriles is 6. The molecule has 0 unspecified atom stereocenters. The van der Waals surface area contributed by atoms with Gasteiger partial charge in [0.1, 0.15) is 0 Å². The third-order valence-corrected chi connectivity index (χ3v) is 9.33. The van der Waals surface area contributed by atoms with E-state index in [1.807, 2.05) is 60.7 Å². The topological polar surface area (TPSA) is 143 Å². The van der Waals surface area contributed by atoms with E-state index in [0.717, 1.165) is 0 Å². The molecule has 0 aliphatic rings. The zero-order chi connectivity index (χ0) is 37.6. The molecule has 0 radical (unpaired) electrons. The normalized spacial score (nSPS) is 10.1. The van der Waals surface area contributed by atoms with Crippen LogP contribution < -0.4 is 0 Å². The molecule has 7 aromatic carbocycles. The number of hydrogen-bond donors (Lipinski definition) is 0. The molecule has 0 N–H and O–H groups in total. The molecule has 0 aliphatic heterocycles. The van der Waals surface area contributed by atoms with E-state index < -0.39 is 0 Å². The molecule has 0 saturated carbocycles. The Kier molecular flexibility index (Phi) is 9.28. The van der Waals surface area contributed by atoms with Crippen molar-refractivity contribution < 1.29 is 0 Å². The summed E-state index contributed by atoms with van der Waals surface area (Å²) in [7, 11) is 0. The molecule has 54 heavy (non-hydrogen) atoms. The molecule has 0 fully saturated rings. The fourth-order valence-electron chi connectivity index (χ4n) is 7.09. The molecule has 0 atom stereocenters. The van der Waals surface area contributed by atoms with Crippen molar-refractivity contribution in [2.24, 2.45) is 0 Å². The van der Waals surface area contributed by atoms with Crippen molar-refractivity contribution in [2.45, 2.75) is 0 Å². The lowest BCUT2D eigenvalue weighted by molar-refractivity contribution is 1.43. The first kappa shape index (κ1) is 34.0. The predicted molar refractivity (Wildman–Crippen MR) is 207 cm³/mol. The van der Waals surface area contributed by atoms with Gasteiger partial charge in [0.15, 0.2) is 0 Å². The summed E-state index contributed by atoms with van der Waals surface area (Å²) in [6, 6.07) is 57.0. The second kappa shape index (κ2) is 14.8. The highest BCUT2D eigenvalue weighted by Gasteiger charge is 2.32. The maximum atomic E-state index is 10.7. The van der Waals surface area contributed by atoms with Gasteiger partial charge in [-0.25, -0.2) is 0 Å². The van der Waals surface area contributed by atoms with Gasteiger partial charge in [0, 0.05) is 33.4 Å². The standard InChI is InChI=1S/C48H24N6/c49-25-31-11-9-17-33(23-31)43-44(34-18-10-12-32(24-34)26-50)46(40-20-6-2-14-36(40)28-52)48(42-22-8-4-16-38(42)30-54)47(41-21-7-3-15-37(41)29-53)45(43)39-19-5-1-13-35(39)27-51/h1-24H. The molecular weight excluding hydrogens is 661 g/mol. The minimum absolute atomic E-state index is 0.347. The molecule has 7 aromatic rings. The second-order valence-electron chi connectivity index (χ2n) is 12.3. The molecule has 7 rings (SSSR count). The Morgan fingerprint density at radius 2 is 0.537 bits per heavy atom. The first-order chi connectivity index (χ1) is 26.6. The quantitative estimate of drug-likeness (QED) is 0.170. The fraction of sp³-hybridized carbons (Fsp3) is 0. The van der Waals surface area contributed by atoms with E-state index in [1.54, 1.807) is 84.9 Å². The Labute approximate surface area is 312 Å². The summed E-state index contributed by atoms with van der Waals surface area (Å²) in [5.74, 6) is 0. The van der Waals surface area contributed by atoms with Gasteiger partial charge in [0.2, 0.25) is 0 Å². The van der Waals surface area contributed by atoms with Crippen LogP contribution >= 0.6 is 0 Å². The van der Waals surface area contributed by atoms with Gasteiger partial charge < -0.3 is 0 Å². The number of hydrogen-bond acceptors (Lipinski definition) is 6. The van der Waals surface area contributed by atoms with E-state index in [2.05, 4.69) is 36.4 Å². The fourth-order valence-corrected chi connectivity index (χ4v) is 7.09. The Hall–Kier alpha value is -8.52. The highest BCUT2D eigenvalue weighted by atomic mass is 14.4. The number of benzene rings is 7. The minimum atomic E-state index is 0.347. The molecular formula is C48H24N6. The van der Waals surface area contributed by atoms with Crippen LogP contribution in [-0.2, 0) is 0 Å². The maximum absolute atomic E-state index is 10.7. The van der Waals surface area contributed by atoms with Crippen LogP contribution in [0.15, 0.2) is 146 Å². The Morgan fingerprint density at radius 1 is 0.259 bits per heavy atom. The Morgan fingerprint density at radius 3 is 0.815 bits per heavy atom. The van der Waals surface area contributed by atoms with Crippen LogP contribution in [0.1, 0.15) is 33.4 Å². The van der Waals surface area contributed by atoms with Crippen molar-refractivity contribution in [1.82, 2.24) is 0 Å². The second-order valence-corrected chi connectivity index (χ2v) is 12.3. The monoisotopic (exact) mass is 684 g/mol. The van der Waals surface area contributed by atoms with Crippen molar-refractivity contribution in [3.63, 3.8) is 0 Å². The molecule has 0 spiro atoms. The molecule has 6 heteroatoms. The summed E-state index contributed by atoms with van der Waals surface area (Å²) in [5.41, 5.74) is 9.07. The van der Waals surface area contributed by atoms with Gasteiger partial charge >= 0.3 is 0 Å². The van der Waals surface area contributed by atoms with Crippen LogP contribution in [0.4, 0.5) is 0 Å². The highest BCUT2D eigenvalue weighted by Crippen LogP contribution is 2.57. The van der Waals surface area contributed by atoms with E-state index in [4.69, 9.17) is 0 Å². The highest BCUT2D eigenvalue weighted by molar-refractivity contribution is 6.16. The summed E-state index contributed by atoms with van der Waals surface area (Å²) in [6.45, 7) is 0.